The highest BCUT2D eigenvalue weighted by molar-refractivity contribution is 5.60. The lowest BCUT2D eigenvalue weighted by molar-refractivity contribution is 0.989. The average Bonchev–Trinajstić information content (AvgIpc) is 3.58. The lowest BCUT2D eigenvalue weighted by atomic mass is 10.2. The topological polar surface area (TPSA) is 77.3 Å². The molecule has 28 heavy (non-hydrogen) atoms. The molecule has 6 heteroatoms. The van der Waals surface area contributed by atoms with Crippen molar-refractivity contribution >= 4 is 0 Å². The largest absolute Gasteiger partial charge is 0.255 e. The van der Waals surface area contributed by atoms with Gasteiger partial charge in [0.2, 0.25) is 0 Å². The van der Waals surface area contributed by atoms with Gasteiger partial charge in [0.1, 0.15) is 22.8 Å². The zero-order valence-corrected chi connectivity index (χ0v) is 15.2. The summed E-state index contributed by atoms with van der Waals surface area (Å²) < 4.78 is 0. The molecule has 6 nitrogen and oxygen atoms in total. The Kier molecular flexibility index (Phi) is 5.20. The normalized spacial score (nSPS) is 12.1. The van der Waals surface area contributed by atoms with Gasteiger partial charge in [0, 0.05) is 12.4 Å². The minimum atomic E-state index is 0.662. The molecule has 0 aromatic carbocycles. The Hall–Kier alpha value is -3.80. The second-order valence-corrected chi connectivity index (χ2v) is 6.29. The van der Waals surface area contributed by atoms with Crippen molar-refractivity contribution in [3.05, 3.63) is 85.2 Å². The van der Waals surface area contributed by atoms with Gasteiger partial charge in [0.15, 0.2) is 0 Å². The molecule has 0 spiro atoms. The predicted molar refractivity (Wildman–Crippen MR) is 108 cm³/mol. The van der Waals surface area contributed by atoms with E-state index in [1.807, 2.05) is 60.7 Å². The van der Waals surface area contributed by atoms with E-state index in [2.05, 4.69) is 36.9 Å². The summed E-state index contributed by atoms with van der Waals surface area (Å²) in [5.74, 6) is 0. The summed E-state index contributed by atoms with van der Waals surface area (Å²) >= 11 is 0. The molecule has 0 radical (unpaired) electrons. The number of hydrogen-bond acceptors (Lipinski definition) is 6. The molecule has 0 aliphatic heterocycles. The molecule has 4 aromatic heterocycles. The highest BCUT2D eigenvalue weighted by atomic mass is 15.2. The summed E-state index contributed by atoms with van der Waals surface area (Å²) in [4.78, 5) is 8.52. The number of aromatic nitrogens is 6. The third-order valence-electron chi connectivity index (χ3n) is 4.05. The molecular weight excluding hydrogens is 348 g/mol. The molecule has 5 rings (SSSR count). The zero-order valence-electron chi connectivity index (χ0n) is 15.2. The van der Waals surface area contributed by atoms with Crippen LogP contribution in [-0.4, -0.2) is 30.4 Å². The Bertz CT molecular complexity index is 959. The molecule has 0 saturated heterocycles. The lowest BCUT2D eigenvalue weighted by Gasteiger charge is -2.02. The fraction of sp³-hybridized carbons (Fsp3) is 0.0909. The molecule has 1 aliphatic carbocycles. The van der Waals surface area contributed by atoms with Gasteiger partial charge < -0.3 is 0 Å². The molecule has 0 bridgehead atoms. The molecular formula is C22H18N6. The minimum Gasteiger partial charge on any atom is -0.255 e. The van der Waals surface area contributed by atoms with Crippen molar-refractivity contribution in [2.75, 3.05) is 0 Å². The molecule has 1 aliphatic rings. The second kappa shape index (κ2) is 8.26. The van der Waals surface area contributed by atoms with Crippen LogP contribution < -0.4 is 0 Å². The highest BCUT2D eigenvalue weighted by Crippen LogP contribution is 2.23. The SMILES string of the molecule is C=C1CC1.c1ccc(-c2ccc(-c3ccc(-c4ccccn4)nn3)nn2)nc1. The van der Waals surface area contributed by atoms with Crippen molar-refractivity contribution < 1.29 is 0 Å². The Morgan fingerprint density at radius 3 is 1.11 bits per heavy atom. The summed E-state index contributed by atoms with van der Waals surface area (Å²) in [6.07, 6.45) is 6.04. The van der Waals surface area contributed by atoms with Gasteiger partial charge in [-0.2, -0.15) is 0 Å². The molecule has 4 heterocycles. The van der Waals surface area contributed by atoms with Crippen LogP contribution >= 0.6 is 0 Å². The van der Waals surface area contributed by atoms with Gasteiger partial charge in [0.25, 0.3) is 0 Å². The van der Waals surface area contributed by atoms with E-state index in [4.69, 9.17) is 0 Å². The first-order valence-electron chi connectivity index (χ1n) is 8.97. The first-order valence-corrected chi connectivity index (χ1v) is 8.97. The first-order chi connectivity index (χ1) is 13.8. The van der Waals surface area contributed by atoms with E-state index in [1.54, 1.807) is 12.4 Å². The molecule has 1 saturated carbocycles. The van der Waals surface area contributed by atoms with Gasteiger partial charge in [-0.05, 0) is 61.4 Å². The lowest BCUT2D eigenvalue weighted by Crippen LogP contribution is -1.96. The number of nitrogens with zero attached hydrogens (tertiary/aromatic N) is 6. The van der Waals surface area contributed by atoms with Crippen LogP contribution in [0.5, 0.6) is 0 Å². The number of rotatable bonds is 3. The summed E-state index contributed by atoms with van der Waals surface area (Å²) in [6.45, 7) is 3.67. The third-order valence-corrected chi connectivity index (χ3v) is 4.05. The standard InChI is InChI=1S/C18H12N6.C4H6/c1-3-11-19-13(5-1)15-7-9-17(23-21-15)18-10-8-16(22-24-18)14-6-2-4-12-20-14;1-4-2-3-4/h1-12H;1-3H2. The molecule has 4 aromatic rings. The Morgan fingerprint density at radius 2 is 0.857 bits per heavy atom. The predicted octanol–water partition coefficient (Wildman–Crippen LogP) is 4.39. The third kappa shape index (κ3) is 4.48. The maximum Gasteiger partial charge on any atom is 0.113 e. The smallest absolute Gasteiger partial charge is 0.113 e. The van der Waals surface area contributed by atoms with Crippen LogP contribution in [0, 0.1) is 0 Å². The van der Waals surface area contributed by atoms with Gasteiger partial charge in [0.05, 0.1) is 11.4 Å². The van der Waals surface area contributed by atoms with E-state index in [9.17, 15) is 0 Å². The van der Waals surface area contributed by atoms with E-state index >= 15 is 0 Å². The number of pyridine rings is 2. The van der Waals surface area contributed by atoms with Crippen LogP contribution in [0.15, 0.2) is 85.2 Å². The van der Waals surface area contributed by atoms with Crippen LogP contribution in [0.3, 0.4) is 0 Å². The van der Waals surface area contributed by atoms with Crippen LogP contribution in [0.25, 0.3) is 34.2 Å². The maximum absolute atomic E-state index is 4.26. The summed E-state index contributed by atoms with van der Waals surface area (Å²) in [6, 6.07) is 18.8. The van der Waals surface area contributed by atoms with Crippen molar-refractivity contribution in [2.45, 2.75) is 12.8 Å². The summed E-state index contributed by atoms with van der Waals surface area (Å²) in [5, 5.41) is 16.9. The fourth-order valence-electron chi connectivity index (χ4n) is 2.33. The summed E-state index contributed by atoms with van der Waals surface area (Å²) in [5.41, 5.74) is 5.75. The van der Waals surface area contributed by atoms with E-state index in [1.165, 1.54) is 18.4 Å². The number of hydrogen-bond donors (Lipinski definition) is 0. The van der Waals surface area contributed by atoms with E-state index in [0.29, 0.717) is 11.4 Å². The van der Waals surface area contributed by atoms with Crippen molar-refractivity contribution in [3.8, 4) is 34.2 Å². The molecule has 136 valence electrons. The highest BCUT2D eigenvalue weighted by Gasteiger charge is 2.07. The van der Waals surface area contributed by atoms with Gasteiger partial charge in [-0.3, -0.25) is 9.97 Å². The fourth-order valence-corrected chi connectivity index (χ4v) is 2.33. The molecule has 0 unspecified atom stereocenters. The average molecular weight is 366 g/mol. The van der Waals surface area contributed by atoms with E-state index in [-0.39, 0.29) is 0 Å². The van der Waals surface area contributed by atoms with E-state index < -0.39 is 0 Å². The van der Waals surface area contributed by atoms with Crippen LogP contribution in [0.2, 0.25) is 0 Å². The zero-order chi connectivity index (χ0) is 19.2. The van der Waals surface area contributed by atoms with Gasteiger partial charge in [-0.1, -0.05) is 24.3 Å². The van der Waals surface area contributed by atoms with Gasteiger partial charge >= 0.3 is 0 Å². The number of allylic oxidation sites excluding steroid dienone is 1. The molecule has 0 N–H and O–H groups in total. The van der Waals surface area contributed by atoms with E-state index in [0.717, 1.165) is 22.8 Å². The van der Waals surface area contributed by atoms with Gasteiger partial charge in [-0.15, -0.1) is 20.4 Å². The molecule has 0 amide bonds. The van der Waals surface area contributed by atoms with Gasteiger partial charge in [-0.25, -0.2) is 0 Å². The Balaban J connectivity index is 0.000000429. The molecule has 1 fully saturated rings. The van der Waals surface area contributed by atoms with Crippen LogP contribution in [-0.2, 0) is 0 Å². The monoisotopic (exact) mass is 366 g/mol. The Morgan fingerprint density at radius 1 is 0.500 bits per heavy atom. The first kappa shape index (κ1) is 17.6. The minimum absolute atomic E-state index is 0.662. The second-order valence-electron chi connectivity index (χ2n) is 6.29. The van der Waals surface area contributed by atoms with Crippen molar-refractivity contribution in [1.82, 2.24) is 30.4 Å². The molecule has 0 atom stereocenters. The summed E-state index contributed by atoms with van der Waals surface area (Å²) in [7, 11) is 0. The van der Waals surface area contributed by atoms with Crippen molar-refractivity contribution in [3.63, 3.8) is 0 Å². The van der Waals surface area contributed by atoms with Crippen molar-refractivity contribution in [2.24, 2.45) is 0 Å². The Labute approximate surface area is 163 Å². The quantitative estimate of drug-likeness (QED) is 0.500. The van der Waals surface area contributed by atoms with Crippen LogP contribution in [0.1, 0.15) is 12.8 Å². The maximum atomic E-state index is 4.26. The van der Waals surface area contributed by atoms with Crippen LogP contribution in [0.4, 0.5) is 0 Å². The van der Waals surface area contributed by atoms with Crippen molar-refractivity contribution in [1.29, 1.82) is 0 Å².